The number of hydrogen-bond acceptors (Lipinski definition) is 3. The lowest BCUT2D eigenvalue weighted by molar-refractivity contribution is 0.148. The predicted molar refractivity (Wildman–Crippen MR) is 89.0 cm³/mol. The molecule has 0 amide bonds. The monoisotopic (exact) mass is 311 g/mol. The molecule has 0 aromatic heterocycles. The summed E-state index contributed by atoms with van der Waals surface area (Å²) in [5.74, 6) is 0.305. The average molecular weight is 311 g/mol. The van der Waals surface area contributed by atoms with Gasteiger partial charge in [0.05, 0.1) is 6.04 Å². The summed E-state index contributed by atoms with van der Waals surface area (Å²) in [6.45, 7) is 3.11. The molecule has 3 atom stereocenters. The van der Waals surface area contributed by atoms with Crippen molar-refractivity contribution >= 4 is 0 Å². The van der Waals surface area contributed by atoms with E-state index in [1.807, 2.05) is 6.07 Å². The average Bonchev–Trinajstić information content (AvgIpc) is 2.99. The largest absolute Gasteiger partial charge is 0.299 e. The molecule has 0 aliphatic carbocycles. The summed E-state index contributed by atoms with van der Waals surface area (Å²) in [5, 5.41) is 0. The predicted octanol–water partition coefficient (Wildman–Crippen LogP) is 2.87. The van der Waals surface area contributed by atoms with Gasteiger partial charge in [0.2, 0.25) is 0 Å². The first-order valence-corrected chi connectivity index (χ1v) is 8.32. The number of halogens is 1. The third kappa shape index (κ3) is 3.15. The van der Waals surface area contributed by atoms with Crippen molar-refractivity contribution in [3.05, 3.63) is 71.5 Å². The highest BCUT2D eigenvalue weighted by molar-refractivity contribution is 5.23. The van der Waals surface area contributed by atoms with E-state index in [1.165, 1.54) is 11.6 Å². The van der Waals surface area contributed by atoms with E-state index in [2.05, 4.69) is 46.1 Å². The third-order valence-corrected chi connectivity index (χ3v) is 5.05. The van der Waals surface area contributed by atoms with Crippen molar-refractivity contribution in [3.8, 4) is 0 Å². The number of fused-ring (bicyclic) bond motifs is 1. The van der Waals surface area contributed by atoms with Crippen molar-refractivity contribution in [2.75, 3.05) is 13.1 Å². The zero-order valence-corrected chi connectivity index (χ0v) is 13.1. The number of hydrogen-bond donors (Lipinski definition) is 2. The number of nitrogens with zero attached hydrogens (tertiary/aromatic N) is 1. The topological polar surface area (TPSA) is 27.3 Å². The van der Waals surface area contributed by atoms with Crippen LogP contribution >= 0.6 is 0 Å². The molecule has 3 nitrogen and oxygen atoms in total. The van der Waals surface area contributed by atoms with E-state index in [0.29, 0.717) is 12.0 Å². The van der Waals surface area contributed by atoms with Gasteiger partial charge >= 0.3 is 0 Å². The zero-order valence-electron chi connectivity index (χ0n) is 13.1. The number of rotatable bonds is 3. The van der Waals surface area contributed by atoms with Gasteiger partial charge in [0, 0.05) is 31.6 Å². The Bertz CT molecular complexity index is 661. The van der Waals surface area contributed by atoms with Crippen LogP contribution in [0.3, 0.4) is 0 Å². The van der Waals surface area contributed by atoms with E-state index in [0.717, 1.165) is 31.6 Å². The molecule has 0 saturated carbocycles. The second kappa shape index (κ2) is 6.40. The minimum Gasteiger partial charge on any atom is -0.299 e. The van der Waals surface area contributed by atoms with E-state index in [9.17, 15) is 4.39 Å². The summed E-state index contributed by atoms with van der Waals surface area (Å²) < 4.78 is 13.6. The maximum atomic E-state index is 13.6. The highest BCUT2D eigenvalue weighted by Crippen LogP contribution is 2.34. The first kappa shape index (κ1) is 14.8. The first-order valence-electron chi connectivity index (χ1n) is 8.32. The van der Waals surface area contributed by atoms with Crippen LogP contribution in [-0.4, -0.2) is 24.0 Å². The molecule has 2 N–H and O–H groups in total. The number of benzene rings is 2. The lowest BCUT2D eigenvalue weighted by Gasteiger charge is -2.36. The van der Waals surface area contributed by atoms with E-state index in [-0.39, 0.29) is 11.9 Å². The number of likely N-dealkylation sites (tertiary alicyclic amines) is 1. The maximum absolute atomic E-state index is 13.6. The molecule has 23 heavy (non-hydrogen) atoms. The van der Waals surface area contributed by atoms with Gasteiger partial charge in [0.15, 0.2) is 0 Å². The summed E-state index contributed by atoms with van der Waals surface area (Å²) in [4.78, 5) is 2.51. The van der Waals surface area contributed by atoms with Crippen LogP contribution in [-0.2, 0) is 6.54 Å². The molecular weight excluding hydrogens is 289 g/mol. The van der Waals surface area contributed by atoms with Crippen molar-refractivity contribution in [1.29, 1.82) is 0 Å². The normalized spacial score (nSPS) is 27.8. The molecule has 0 spiro atoms. The minimum absolute atomic E-state index is 0.162. The molecule has 2 aromatic rings. The number of piperidine rings is 1. The second-order valence-electron chi connectivity index (χ2n) is 6.60. The molecule has 2 heterocycles. The molecule has 2 aliphatic rings. The van der Waals surface area contributed by atoms with Crippen LogP contribution in [0, 0.1) is 11.7 Å². The molecule has 4 heteroatoms. The van der Waals surface area contributed by atoms with E-state index in [1.54, 1.807) is 12.1 Å². The molecule has 2 aliphatic heterocycles. The molecule has 2 fully saturated rings. The Balaban J connectivity index is 1.49. The standard InChI is InChI=1S/C19H22FN3/c20-16-8-4-7-15(11-16)19-17-13-23(10-9-18(17)21-22-19)12-14-5-2-1-3-6-14/h1-8,11,17-19,21-22H,9-10,12-13H2. The van der Waals surface area contributed by atoms with Crippen LogP contribution < -0.4 is 10.9 Å². The van der Waals surface area contributed by atoms with Crippen molar-refractivity contribution in [2.45, 2.75) is 25.0 Å². The first-order chi connectivity index (χ1) is 11.3. The highest BCUT2D eigenvalue weighted by Gasteiger charge is 2.40. The van der Waals surface area contributed by atoms with Gasteiger partial charge in [-0.3, -0.25) is 10.3 Å². The fraction of sp³-hybridized carbons (Fsp3) is 0.368. The maximum Gasteiger partial charge on any atom is 0.123 e. The number of hydrazine groups is 1. The molecule has 0 bridgehead atoms. The summed E-state index contributed by atoms with van der Waals surface area (Å²) in [7, 11) is 0. The van der Waals surface area contributed by atoms with Crippen LogP contribution in [0.25, 0.3) is 0 Å². The highest BCUT2D eigenvalue weighted by atomic mass is 19.1. The summed E-state index contributed by atoms with van der Waals surface area (Å²) in [6.07, 6.45) is 1.12. The third-order valence-electron chi connectivity index (χ3n) is 5.05. The van der Waals surface area contributed by atoms with Gasteiger partial charge in [-0.1, -0.05) is 42.5 Å². The number of nitrogens with one attached hydrogen (secondary N) is 2. The van der Waals surface area contributed by atoms with Crippen molar-refractivity contribution in [1.82, 2.24) is 15.8 Å². The Morgan fingerprint density at radius 2 is 1.91 bits per heavy atom. The Labute approximate surface area is 136 Å². The zero-order chi connectivity index (χ0) is 15.6. The molecule has 4 rings (SSSR count). The van der Waals surface area contributed by atoms with Crippen LogP contribution in [0.15, 0.2) is 54.6 Å². The van der Waals surface area contributed by atoms with Gasteiger partial charge in [0.1, 0.15) is 5.82 Å². The Kier molecular flexibility index (Phi) is 4.12. The van der Waals surface area contributed by atoms with Gasteiger partial charge in [-0.25, -0.2) is 9.82 Å². The fourth-order valence-corrected chi connectivity index (χ4v) is 3.89. The van der Waals surface area contributed by atoms with Crippen LogP contribution in [0.5, 0.6) is 0 Å². The minimum atomic E-state index is -0.162. The van der Waals surface area contributed by atoms with Crippen LogP contribution in [0.4, 0.5) is 4.39 Å². The summed E-state index contributed by atoms with van der Waals surface area (Å²) >= 11 is 0. The Hall–Kier alpha value is -1.75. The molecule has 0 radical (unpaired) electrons. The van der Waals surface area contributed by atoms with Crippen molar-refractivity contribution < 1.29 is 4.39 Å². The van der Waals surface area contributed by atoms with E-state index < -0.39 is 0 Å². The molecule has 2 saturated heterocycles. The second-order valence-corrected chi connectivity index (χ2v) is 6.60. The van der Waals surface area contributed by atoms with Gasteiger partial charge in [-0.05, 0) is 29.7 Å². The lowest BCUT2D eigenvalue weighted by Crippen LogP contribution is -2.45. The van der Waals surface area contributed by atoms with E-state index >= 15 is 0 Å². The summed E-state index contributed by atoms with van der Waals surface area (Å²) in [6, 6.07) is 18.2. The van der Waals surface area contributed by atoms with Gasteiger partial charge < -0.3 is 0 Å². The van der Waals surface area contributed by atoms with Gasteiger partial charge in [0.25, 0.3) is 0 Å². The Morgan fingerprint density at radius 1 is 1.04 bits per heavy atom. The fourth-order valence-electron chi connectivity index (χ4n) is 3.89. The smallest absolute Gasteiger partial charge is 0.123 e. The molecule has 2 aromatic carbocycles. The molecule has 3 unspecified atom stereocenters. The van der Waals surface area contributed by atoms with Crippen molar-refractivity contribution in [3.63, 3.8) is 0 Å². The van der Waals surface area contributed by atoms with Gasteiger partial charge in [-0.2, -0.15) is 0 Å². The SMILES string of the molecule is Fc1cccc(C2NNC3CCN(Cc4ccccc4)CC32)c1. The van der Waals surface area contributed by atoms with Crippen LogP contribution in [0.2, 0.25) is 0 Å². The molecule has 120 valence electrons. The Morgan fingerprint density at radius 3 is 2.74 bits per heavy atom. The lowest BCUT2D eigenvalue weighted by atomic mass is 9.85. The molecular formula is C19H22FN3. The quantitative estimate of drug-likeness (QED) is 0.913. The van der Waals surface area contributed by atoms with E-state index in [4.69, 9.17) is 0 Å². The van der Waals surface area contributed by atoms with Crippen molar-refractivity contribution in [2.24, 2.45) is 5.92 Å². The van der Waals surface area contributed by atoms with Gasteiger partial charge in [-0.15, -0.1) is 0 Å². The summed E-state index contributed by atoms with van der Waals surface area (Å²) in [5.41, 5.74) is 9.18. The van der Waals surface area contributed by atoms with Crippen LogP contribution in [0.1, 0.15) is 23.6 Å².